The van der Waals surface area contributed by atoms with Gasteiger partial charge < -0.3 is 15.2 Å². The third-order valence-corrected chi connectivity index (χ3v) is 7.26. The molecule has 1 atom stereocenters. The first-order valence-corrected chi connectivity index (χ1v) is 12.3. The van der Waals surface area contributed by atoms with Crippen LogP contribution in [0, 0.1) is 23.2 Å². The third-order valence-electron chi connectivity index (χ3n) is 7.26. The number of rotatable bonds is 5. The summed E-state index contributed by atoms with van der Waals surface area (Å²) in [4.78, 5) is 40.7. The highest BCUT2D eigenvalue weighted by Gasteiger charge is 2.40. The first-order valence-electron chi connectivity index (χ1n) is 12.3. The smallest absolute Gasteiger partial charge is 0.255 e. The summed E-state index contributed by atoms with van der Waals surface area (Å²) < 4.78 is 1.80. The molecule has 0 bridgehead atoms. The maximum absolute atomic E-state index is 13.4. The maximum Gasteiger partial charge on any atom is 0.255 e. The fraction of sp³-hybridized carbons (Fsp3) is 0.385. The van der Waals surface area contributed by atoms with Gasteiger partial charge in [-0.15, -0.1) is 0 Å². The second-order valence-corrected chi connectivity index (χ2v) is 9.66. The quantitative estimate of drug-likeness (QED) is 0.449. The molecule has 6 rings (SSSR count). The van der Waals surface area contributed by atoms with Gasteiger partial charge in [-0.05, 0) is 37.7 Å². The SMILES string of the molecule is Cn1nc(-c2cnc3[nH]cc(C(=O)N[C@@H](C(=O)N4CCC(C#N)CC4)C4CC4)c3n2)c2ccccc21. The van der Waals surface area contributed by atoms with Gasteiger partial charge in [0, 0.05) is 37.6 Å². The largest absolute Gasteiger partial charge is 0.344 e. The van der Waals surface area contributed by atoms with E-state index in [4.69, 9.17) is 10.2 Å². The molecule has 2 aliphatic rings. The Morgan fingerprint density at radius 3 is 2.72 bits per heavy atom. The molecular formula is C26H26N8O2. The highest BCUT2D eigenvalue weighted by molar-refractivity contribution is 6.06. The number of H-pyrrole nitrogens is 1. The number of amides is 2. The van der Waals surface area contributed by atoms with Gasteiger partial charge in [0.2, 0.25) is 5.91 Å². The zero-order valence-corrected chi connectivity index (χ0v) is 19.9. The molecule has 2 amide bonds. The van der Waals surface area contributed by atoms with Crippen molar-refractivity contribution < 1.29 is 9.59 Å². The number of piperidine rings is 1. The summed E-state index contributed by atoms with van der Waals surface area (Å²) in [5.74, 6) is -0.273. The molecule has 0 spiro atoms. The van der Waals surface area contributed by atoms with Gasteiger partial charge in [0.1, 0.15) is 22.9 Å². The number of nitriles is 1. The van der Waals surface area contributed by atoms with Crippen LogP contribution in [-0.4, -0.2) is 60.6 Å². The number of aromatic nitrogens is 5. The van der Waals surface area contributed by atoms with Crippen molar-refractivity contribution in [3.05, 3.63) is 42.2 Å². The van der Waals surface area contributed by atoms with Crippen molar-refractivity contribution in [2.24, 2.45) is 18.9 Å². The number of aryl methyl sites for hydroxylation is 1. The number of hydrogen-bond acceptors (Lipinski definition) is 6. The van der Waals surface area contributed by atoms with E-state index in [2.05, 4.69) is 26.5 Å². The van der Waals surface area contributed by atoms with E-state index in [1.165, 1.54) is 0 Å². The minimum absolute atomic E-state index is 0.00164. The number of para-hydroxylation sites is 1. The maximum atomic E-state index is 13.4. The zero-order valence-electron chi connectivity index (χ0n) is 19.9. The van der Waals surface area contributed by atoms with Crippen LogP contribution in [0.5, 0.6) is 0 Å². The number of nitrogens with one attached hydrogen (secondary N) is 2. The molecule has 1 aliphatic carbocycles. The van der Waals surface area contributed by atoms with Gasteiger partial charge in [0.15, 0.2) is 5.65 Å². The molecule has 36 heavy (non-hydrogen) atoms. The second-order valence-electron chi connectivity index (χ2n) is 9.66. The average molecular weight is 483 g/mol. The Bertz CT molecular complexity index is 1520. The molecule has 2 N–H and O–H groups in total. The highest BCUT2D eigenvalue weighted by Crippen LogP contribution is 2.34. The number of benzene rings is 1. The van der Waals surface area contributed by atoms with Crippen molar-refractivity contribution in [3.63, 3.8) is 0 Å². The van der Waals surface area contributed by atoms with Crippen LogP contribution in [-0.2, 0) is 11.8 Å². The van der Waals surface area contributed by atoms with Crippen molar-refractivity contribution in [2.45, 2.75) is 31.7 Å². The zero-order chi connectivity index (χ0) is 24.8. The molecule has 3 aromatic heterocycles. The number of carbonyl (C=O) groups excluding carboxylic acids is 2. The lowest BCUT2D eigenvalue weighted by molar-refractivity contribution is -0.135. The van der Waals surface area contributed by atoms with Gasteiger partial charge in [0.05, 0.1) is 23.3 Å². The molecule has 1 saturated carbocycles. The van der Waals surface area contributed by atoms with Gasteiger partial charge in [-0.2, -0.15) is 10.4 Å². The lowest BCUT2D eigenvalue weighted by atomic mass is 9.97. The highest BCUT2D eigenvalue weighted by atomic mass is 16.2. The van der Waals surface area contributed by atoms with Crippen LogP contribution in [0.15, 0.2) is 36.7 Å². The lowest BCUT2D eigenvalue weighted by Crippen LogP contribution is -2.51. The van der Waals surface area contributed by atoms with E-state index < -0.39 is 6.04 Å². The Balaban J connectivity index is 1.27. The predicted molar refractivity (Wildman–Crippen MR) is 132 cm³/mol. The number of carbonyl (C=O) groups is 2. The molecule has 10 nitrogen and oxygen atoms in total. The summed E-state index contributed by atoms with van der Waals surface area (Å²) in [6.07, 6.45) is 6.42. The van der Waals surface area contributed by atoms with Gasteiger partial charge >= 0.3 is 0 Å². The van der Waals surface area contributed by atoms with E-state index in [-0.39, 0.29) is 23.7 Å². The summed E-state index contributed by atoms with van der Waals surface area (Å²) in [6, 6.07) is 9.61. The van der Waals surface area contributed by atoms with Crippen molar-refractivity contribution in [3.8, 4) is 17.5 Å². The Hall–Kier alpha value is -4.26. The first kappa shape index (κ1) is 22.2. The predicted octanol–water partition coefficient (Wildman–Crippen LogP) is 2.78. The van der Waals surface area contributed by atoms with Crippen LogP contribution < -0.4 is 5.32 Å². The van der Waals surface area contributed by atoms with Gasteiger partial charge in [0.25, 0.3) is 5.91 Å². The standard InChI is InChI=1S/C26H26N8O2/c1-33-20-5-3-2-4-17(20)22(32-33)19-14-29-24-23(30-19)18(13-28-24)25(35)31-21(16-6-7-16)26(36)34-10-8-15(12-27)9-11-34/h2-5,13-16,21H,6-11H2,1H3,(H,28,29)(H,31,35)/t21-/m1/s1. The Morgan fingerprint density at radius 1 is 1.19 bits per heavy atom. The number of hydrogen-bond donors (Lipinski definition) is 2. The number of nitrogens with zero attached hydrogens (tertiary/aromatic N) is 6. The fourth-order valence-corrected chi connectivity index (χ4v) is 5.04. The molecule has 2 fully saturated rings. The van der Waals surface area contributed by atoms with Gasteiger partial charge in [-0.25, -0.2) is 9.97 Å². The summed E-state index contributed by atoms with van der Waals surface area (Å²) in [7, 11) is 1.88. The summed E-state index contributed by atoms with van der Waals surface area (Å²) in [5, 5.41) is 17.7. The average Bonchev–Trinajstić information content (AvgIpc) is 3.58. The summed E-state index contributed by atoms with van der Waals surface area (Å²) in [6.45, 7) is 1.10. The van der Waals surface area contributed by atoms with Crippen LogP contribution in [0.2, 0.25) is 0 Å². The monoisotopic (exact) mass is 482 g/mol. The topological polar surface area (TPSA) is 133 Å². The molecule has 182 valence electrons. The molecule has 0 unspecified atom stereocenters. The third kappa shape index (κ3) is 3.86. The lowest BCUT2D eigenvalue weighted by Gasteiger charge is -2.32. The van der Waals surface area contributed by atoms with Crippen LogP contribution >= 0.6 is 0 Å². The molecule has 1 saturated heterocycles. The minimum Gasteiger partial charge on any atom is -0.344 e. The van der Waals surface area contributed by atoms with Gasteiger partial charge in [-0.1, -0.05) is 18.2 Å². The van der Waals surface area contributed by atoms with E-state index in [1.807, 2.05) is 31.3 Å². The van der Waals surface area contributed by atoms with E-state index in [0.717, 1.165) is 23.7 Å². The van der Waals surface area contributed by atoms with Crippen molar-refractivity contribution in [1.82, 2.24) is 34.9 Å². The van der Waals surface area contributed by atoms with Crippen LogP contribution in [0.3, 0.4) is 0 Å². The number of aromatic amines is 1. The molecule has 1 aliphatic heterocycles. The molecule has 10 heteroatoms. The Morgan fingerprint density at radius 2 is 1.97 bits per heavy atom. The van der Waals surface area contributed by atoms with Crippen LogP contribution in [0.25, 0.3) is 33.5 Å². The van der Waals surface area contributed by atoms with E-state index in [9.17, 15) is 9.59 Å². The summed E-state index contributed by atoms with van der Waals surface area (Å²) >= 11 is 0. The normalized spacial score (nSPS) is 17.3. The van der Waals surface area contributed by atoms with Gasteiger partial charge in [-0.3, -0.25) is 14.3 Å². The molecule has 0 radical (unpaired) electrons. The van der Waals surface area contributed by atoms with E-state index >= 15 is 0 Å². The van der Waals surface area contributed by atoms with Crippen LogP contribution in [0.1, 0.15) is 36.0 Å². The second kappa shape index (κ2) is 8.75. The van der Waals surface area contributed by atoms with Crippen molar-refractivity contribution >= 4 is 33.9 Å². The molecular weight excluding hydrogens is 456 g/mol. The van der Waals surface area contributed by atoms with E-state index in [0.29, 0.717) is 54.0 Å². The van der Waals surface area contributed by atoms with Crippen molar-refractivity contribution in [1.29, 1.82) is 5.26 Å². The molecule has 1 aromatic carbocycles. The van der Waals surface area contributed by atoms with Crippen LogP contribution in [0.4, 0.5) is 0 Å². The fourth-order valence-electron chi connectivity index (χ4n) is 5.04. The summed E-state index contributed by atoms with van der Waals surface area (Å²) in [5.41, 5.74) is 3.53. The Kier molecular flexibility index (Phi) is 5.40. The minimum atomic E-state index is -0.572. The van der Waals surface area contributed by atoms with E-state index in [1.54, 1.807) is 22.0 Å². The Labute approximate surface area is 207 Å². The number of fused-ring (bicyclic) bond motifs is 2. The first-order chi connectivity index (χ1) is 17.5. The number of likely N-dealkylation sites (tertiary alicyclic amines) is 1. The molecule has 4 aromatic rings. The van der Waals surface area contributed by atoms with Crippen molar-refractivity contribution in [2.75, 3.05) is 13.1 Å². The molecule has 4 heterocycles.